The van der Waals surface area contributed by atoms with Crippen molar-refractivity contribution < 1.29 is 33.5 Å². The molecular weight excluding hydrogens is 494 g/mol. The molecular formula is C27H23N3O8. The van der Waals surface area contributed by atoms with E-state index in [2.05, 4.69) is 5.32 Å². The normalized spacial score (nSPS) is 10.6. The Hall–Kier alpha value is -5.37. The highest BCUT2D eigenvalue weighted by Gasteiger charge is 2.17. The quantitative estimate of drug-likeness (QED) is 0.100. The third-order valence-corrected chi connectivity index (χ3v) is 5.12. The molecule has 38 heavy (non-hydrogen) atoms. The number of nitro groups is 1. The van der Waals surface area contributed by atoms with Crippen molar-refractivity contribution in [3.05, 3.63) is 87.5 Å². The molecule has 0 fully saturated rings. The topological polar surface area (TPSA) is 150 Å². The van der Waals surface area contributed by atoms with Gasteiger partial charge in [-0.05, 0) is 61.0 Å². The summed E-state index contributed by atoms with van der Waals surface area (Å²) in [7, 11) is 2.82. The van der Waals surface area contributed by atoms with Crippen LogP contribution in [0.4, 0.5) is 11.4 Å². The number of carbonyl (C=O) groups is 2. The summed E-state index contributed by atoms with van der Waals surface area (Å²) in [6.07, 6.45) is 1.32. The molecule has 0 aliphatic rings. The van der Waals surface area contributed by atoms with Crippen LogP contribution in [0.5, 0.6) is 23.0 Å². The van der Waals surface area contributed by atoms with Crippen LogP contribution in [0.2, 0.25) is 0 Å². The van der Waals surface area contributed by atoms with Gasteiger partial charge in [0, 0.05) is 6.07 Å². The van der Waals surface area contributed by atoms with E-state index < -0.39 is 16.8 Å². The lowest BCUT2D eigenvalue weighted by Gasteiger charge is -2.12. The van der Waals surface area contributed by atoms with E-state index in [-0.39, 0.29) is 40.8 Å². The Kier molecular flexibility index (Phi) is 8.99. The van der Waals surface area contributed by atoms with E-state index in [1.165, 1.54) is 44.6 Å². The number of non-ortho nitro benzene ring substituents is 1. The lowest BCUT2D eigenvalue weighted by molar-refractivity contribution is -0.384. The van der Waals surface area contributed by atoms with E-state index >= 15 is 0 Å². The summed E-state index contributed by atoms with van der Waals surface area (Å²) in [6.45, 7) is 2.02. The van der Waals surface area contributed by atoms with Crippen molar-refractivity contribution in [3.63, 3.8) is 0 Å². The number of amides is 1. The number of hydrogen-bond donors (Lipinski definition) is 1. The van der Waals surface area contributed by atoms with Crippen molar-refractivity contribution in [1.29, 1.82) is 5.26 Å². The number of nitriles is 1. The lowest BCUT2D eigenvalue weighted by atomic mass is 10.1. The fourth-order valence-electron chi connectivity index (χ4n) is 3.25. The first-order chi connectivity index (χ1) is 18.3. The molecule has 0 aliphatic heterocycles. The molecule has 11 heteroatoms. The standard InChI is InChI=1S/C27H23N3O8/c1-4-37-25-14-17(5-12-23(25)38-27(32)18-6-9-21(35-2)10-7-18)13-19(16-28)26(31)29-22-11-8-20(30(33)34)15-24(22)36-3/h5-15H,4H2,1-3H3,(H,29,31). The largest absolute Gasteiger partial charge is 0.497 e. The zero-order chi connectivity index (χ0) is 27.7. The zero-order valence-corrected chi connectivity index (χ0v) is 20.7. The molecule has 0 aromatic heterocycles. The van der Waals surface area contributed by atoms with E-state index in [0.717, 1.165) is 6.07 Å². The summed E-state index contributed by atoms with van der Waals surface area (Å²) in [6, 6.07) is 16.5. The lowest BCUT2D eigenvalue weighted by Crippen LogP contribution is -2.14. The Morgan fingerprint density at radius 2 is 1.74 bits per heavy atom. The molecule has 3 aromatic rings. The fraction of sp³-hybridized carbons (Fsp3) is 0.148. The molecule has 3 aromatic carbocycles. The summed E-state index contributed by atoms with van der Waals surface area (Å²) in [4.78, 5) is 35.7. The Labute approximate surface area is 218 Å². The number of nitro benzene ring substituents is 1. The van der Waals surface area contributed by atoms with Crippen LogP contribution in [-0.4, -0.2) is 37.6 Å². The van der Waals surface area contributed by atoms with Gasteiger partial charge in [-0.2, -0.15) is 5.26 Å². The number of methoxy groups -OCH3 is 2. The molecule has 11 nitrogen and oxygen atoms in total. The van der Waals surface area contributed by atoms with Gasteiger partial charge in [0.25, 0.3) is 11.6 Å². The molecule has 1 amide bonds. The number of anilines is 1. The summed E-state index contributed by atoms with van der Waals surface area (Å²) in [5, 5.41) is 23.1. The van der Waals surface area contributed by atoms with Crippen LogP contribution >= 0.6 is 0 Å². The number of ether oxygens (including phenoxy) is 4. The highest BCUT2D eigenvalue weighted by molar-refractivity contribution is 6.10. The highest BCUT2D eigenvalue weighted by Crippen LogP contribution is 2.31. The summed E-state index contributed by atoms with van der Waals surface area (Å²) in [5.74, 6) is -0.316. The average Bonchev–Trinajstić information content (AvgIpc) is 2.93. The molecule has 3 rings (SSSR count). The Bertz CT molecular complexity index is 1430. The first-order valence-corrected chi connectivity index (χ1v) is 11.2. The Morgan fingerprint density at radius 1 is 1.00 bits per heavy atom. The smallest absolute Gasteiger partial charge is 0.343 e. The zero-order valence-electron chi connectivity index (χ0n) is 20.7. The minimum Gasteiger partial charge on any atom is -0.497 e. The van der Waals surface area contributed by atoms with Crippen molar-refractivity contribution in [2.24, 2.45) is 0 Å². The molecule has 0 unspecified atom stereocenters. The molecule has 0 spiro atoms. The van der Waals surface area contributed by atoms with Crippen molar-refractivity contribution >= 4 is 29.3 Å². The number of esters is 1. The predicted octanol–water partition coefficient (Wildman–Crippen LogP) is 4.78. The molecule has 194 valence electrons. The van der Waals surface area contributed by atoms with E-state index in [4.69, 9.17) is 18.9 Å². The number of benzene rings is 3. The van der Waals surface area contributed by atoms with Crippen LogP contribution in [0, 0.1) is 21.4 Å². The monoisotopic (exact) mass is 517 g/mol. The van der Waals surface area contributed by atoms with Crippen LogP contribution in [0.25, 0.3) is 6.08 Å². The first-order valence-electron chi connectivity index (χ1n) is 11.2. The average molecular weight is 517 g/mol. The van der Waals surface area contributed by atoms with Crippen LogP contribution < -0.4 is 24.3 Å². The van der Waals surface area contributed by atoms with Gasteiger partial charge in [0.2, 0.25) is 0 Å². The maximum Gasteiger partial charge on any atom is 0.343 e. The number of nitrogens with one attached hydrogen (secondary N) is 1. The summed E-state index contributed by atoms with van der Waals surface area (Å²) in [5.41, 5.74) is 0.422. The molecule has 0 saturated heterocycles. The van der Waals surface area contributed by atoms with Gasteiger partial charge in [0.15, 0.2) is 11.5 Å². The molecule has 0 heterocycles. The van der Waals surface area contributed by atoms with Gasteiger partial charge in [0.05, 0.1) is 43.1 Å². The number of hydrogen-bond acceptors (Lipinski definition) is 9. The SMILES string of the molecule is CCOc1cc(C=C(C#N)C(=O)Nc2ccc([N+](=O)[O-])cc2OC)ccc1OC(=O)c1ccc(OC)cc1. The number of rotatable bonds is 10. The Balaban J connectivity index is 1.83. The third kappa shape index (κ3) is 6.64. The first kappa shape index (κ1) is 27.2. The maximum atomic E-state index is 12.8. The number of nitrogens with zero attached hydrogens (tertiary/aromatic N) is 2. The molecule has 0 bridgehead atoms. The second-order valence-electron chi connectivity index (χ2n) is 7.52. The highest BCUT2D eigenvalue weighted by atomic mass is 16.6. The van der Waals surface area contributed by atoms with E-state index in [1.807, 2.05) is 6.07 Å². The molecule has 0 saturated carbocycles. The van der Waals surface area contributed by atoms with E-state index in [0.29, 0.717) is 16.9 Å². The molecule has 1 N–H and O–H groups in total. The van der Waals surface area contributed by atoms with Crippen molar-refractivity contribution in [3.8, 4) is 29.1 Å². The van der Waals surface area contributed by atoms with E-state index in [1.54, 1.807) is 37.3 Å². The van der Waals surface area contributed by atoms with Gasteiger partial charge in [-0.1, -0.05) is 6.07 Å². The van der Waals surface area contributed by atoms with Gasteiger partial charge in [-0.25, -0.2) is 4.79 Å². The minimum atomic E-state index is -0.757. The third-order valence-electron chi connectivity index (χ3n) is 5.12. The maximum absolute atomic E-state index is 12.8. The minimum absolute atomic E-state index is 0.0616. The Morgan fingerprint density at radius 3 is 2.34 bits per heavy atom. The fourth-order valence-corrected chi connectivity index (χ4v) is 3.25. The van der Waals surface area contributed by atoms with Gasteiger partial charge >= 0.3 is 5.97 Å². The van der Waals surface area contributed by atoms with Crippen LogP contribution in [0.15, 0.2) is 66.2 Å². The van der Waals surface area contributed by atoms with Gasteiger partial charge in [-0.3, -0.25) is 14.9 Å². The molecule has 0 atom stereocenters. The molecule has 0 aliphatic carbocycles. The van der Waals surface area contributed by atoms with Gasteiger partial charge < -0.3 is 24.3 Å². The second kappa shape index (κ2) is 12.5. The summed E-state index contributed by atoms with van der Waals surface area (Å²) >= 11 is 0. The summed E-state index contributed by atoms with van der Waals surface area (Å²) < 4.78 is 21.3. The van der Waals surface area contributed by atoms with E-state index in [9.17, 15) is 25.0 Å². The van der Waals surface area contributed by atoms with Crippen LogP contribution in [0.3, 0.4) is 0 Å². The molecule has 0 radical (unpaired) electrons. The predicted molar refractivity (Wildman–Crippen MR) is 137 cm³/mol. The van der Waals surface area contributed by atoms with Crippen molar-refractivity contribution in [1.82, 2.24) is 0 Å². The van der Waals surface area contributed by atoms with Crippen molar-refractivity contribution in [2.75, 3.05) is 26.1 Å². The van der Waals surface area contributed by atoms with Crippen LogP contribution in [0.1, 0.15) is 22.8 Å². The number of carbonyl (C=O) groups excluding carboxylic acids is 2. The van der Waals surface area contributed by atoms with Crippen LogP contribution in [-0.2, 0) is 4.79 Å². The van der Waals surface area contributed by atoms with Crippen molar-refractivity contribution in [2.45, 2.75) is 6.92 Å². The van der Waals surface area contributed by atoms with Gasteiger partial charge in [0.1, 0.15) is 23.1 Å². The second-order valence-corrected chi connectivity index (χ2v) is 7.52. The van der Waals surface area contributed by atoms with Gasteiger partial charge in [-0.15, -0.1) is 0 Å².